The van der Waals surface area contributed by atoms with Crippen molar-refractivity contribution in [3.05, 3.63) is 35.2 Å². The van der Waals surface area contributed by atoms with Crippen LogP contribution < -0.4 is 10.6 Å². The molecule has 0 saturated carbocycles. The lowest BCUT2D eigenvalue weighted by Crippen LogP contribution is -2.23. The first-order chi connectivity index (χ1) is 9.70. The Labute approximate surface area is 117 Å². The minimum absolute atomic E-state index is 0.153. The fraction of sp³-hybridized carbons (Fsp3) is 0.385. The maximum absolute atomic E-state index is 12.0. The molecule has 0 spiro atoms. The number of aromatic nitrogens is 4. The smallest absolute Gasteiger partial charge is 0.251 e. The first kappa shape index (κ1) is 14.0. The molecule has 0 saturated heterocycles. The Morgan fingerprint density at radius 1 is 1.40 bits per heavy atom. The minimum atomic E-state index is -0.153. The van der Waals surface area contributed by atoms with Crippen LogP contribution in [0, 0.1) is 6.92 Å². The Morgan fingerprint density at radius 2 is 2.25 bits per heavy atom. The van der Waals surface area contributed by atoms with E-state index in [0.29, 0.717) is 11.4 Å². The highest BCUT2D eigenvalue weighted by Crippen LogP contribution is 2.16. The number of anilines is 1. The van der Waals surface area contributed by atoms with E-state index >= 15 is 0 Å². The van der Waals surface area contributed by atoms with Gasteiger partial charge in [0.05, 0.1) is 6.54 Å². The maximum atomic E-state index is 12.0. The molecule has 0 fully saturated rings. The summed E-state index contributed by atoms with van der Waals surface area (Å²) in [5.74, 6) is 0.302. The van der Waals surface area contributed by atoms with Gasteiger partial charge in [-0.3, -0.25) is 4.79 Å². The molecule has 2 rings (SSSR count). The van der Waals surface area contributed by atoms with E-state index in [1.54, 1.807) is 6.07 Å². The van der Waals surface area contributed by atoms with Crippen LogP contribution in [-0.2, 0) is 6.54 Å². The number of tetrazole rings is 1. The van der Waals surface area contributed by atoms with Crippen molar-refractivity contribution in [2.45, 2.75) is 26.8 Å². The van der Waals surface area contributed by atoms with Crippen molar-refractivity contribution in [2.75, 3.05) is 11.9 Å². The second-order valence-corrected chi connectivity index (χ2v) is 4.47. The number of nitrogens with one attached hydrogen (secondary N) is 3. The van der Waals surface area contributed by atoms with Crippen LogP contribution in [0.3, 0.4) is 0 Å². The standard InChI is InChI=1S/C13H18N6O/c1-3-6-14-11-5-4-10(7-9(11)2)13(20)15-8-12-16-18-19-17-12/h4-5,7,14H,3,6,8H2,1-2H3,(H,15,20)(H,16,17,18,19). The molecule has 0 aliphatic carbocycles. The Kier molecular flexibility index (Phi) is 4.65. The predicted octanol–water partition coefficient (Wildman–Crippen LogP) is 1.26. The average molecular weight is 274 g/mol. The van der Waals surface area contributed by atoms with E-state index in [9.17, 15) is 4.79 Å². The van der Waals surface area contributed by atoms with Crippen molar-refractivity contribution >= 4 is 11.6 Å². The first-order valence-corrected chi connectivity index (χ1v) is 6.55. The van der Waals surface area contributed by atoms with Gasteiger partial charge in [-0.05, 0) is 37.1 Å². The van der Waals surface area contributed by atoms with Crippen LogP contribution in [0.15, 0.2) is 18.2 Å². The summed E-state index contributed by atoms with van der Waals surface area (Å²) >= 11 is 0. The van der Waals surface area contributed by atoms with Crippen LogP contribution in [0.5, 0.6) is 0 Å². The van der Waals surface area contributed by atoms with E-state index in [1.807, 2.05) is 19.1 Å². The Hall–Kier alpha value is -2.44. The monoisotopic (exact) mass is 274 g/mol. The van der Waals surface area contributed by atoms with Crippen molar-refractivity contribution in [3.63, 3.8) is 0 Å². The zero-order valence-electron chi connectivity index (χ0n) is 11.6. The number of carbonyl (C=O) groups excluding carboxylic acids is 1. The van der Waals surface area contributed by atoms with Gasteiger partial charge >= 0.3 is 0 Å². The van der Waals surface area contributed by atoms with Crippen molar-refractivity contribution in [2.24, 2.45) is 0 Å². The van der Waals surface area contributed by atoms with Crippen molar-refractivity contribution in [1.29, 1.82) is 0 Å². The van der Waals surface area contributed by atoms with E-state index in [4.69, 9.17) is 0 Å². The minimum Gasteiger partial charge on any atom is -0.385 e. The van der Waals surface area contributed by atoms with Crippen LogP contribution in [0.1, 0.15) is 35.1 Å². The molecule has 1 amide bonds. The summed E-state index contributed by atoms with van der Waals surface area (Å²) in [4.78, 5) is 12.0. The summed E-state index contributed by atoms with van der Waals surface area (Å²) in [5.41, 5.74) is 2.72. The van der Waals surface area contributed by atoms with Crippen molar-refractivity contribution < 1.29 is 4.79 Å². The fourth-order valence-electron chi connectivity index (χ4n) is 1.78. The Bertz CT molecular complexity index is 566. The van der Waals surface area contributed by atoms with E-state index in [0.717, 1.165) is 24.2 Å². The SMILES string of the molecule is CCCNc1ccc(C(=O)NCc2nn[nH]n2)cc1C. The third-order valence-corrected chi connectivity index (χ3v) is 2.85. The van der Waals surface area contributed by atoms with Gasteiger partial charge < -0.3 is 10.6 Å². The van der Waals surface area contributed by atoms with Gasteiger partial charge in [-0.15, -0.1) is 10.2 Å². The van der Waals surface area contributed by atoms with Gasteiger partial charge in [0.25, 0.3) is 5.91 Å². The Balaban J connectivity index is 1.97. The summed E-state index contributed by atoms with van der Waals surface area (Å²) in [5, 5.41) is 19.4. The quantitative estimate of drug-likeness (QED) is 0.737. The highest BCUT2D eigenvalue weighted by Gasteiger charge is 2.08. The summed E-state index contributed by atoms with van der Waals surface area (Å²) in [6.07, 6.45) is 1.06. The van der Waals surface area contributed by atoms with E-state index in [1.165, 1.54) is 0 Å². The van der Waals surface area contributed by atoms with Crippen LogP contribution in [-0.4, -0.2) is 33.1 Å². The van der Waals surface area contributed by atoms with E-state index in [-0.39, 0.29) is 12.5 Å². The molecule has 0 unspecified atom stereocenters. The molecular weight excluding hydrogens is 256 g/mol. The number of aryl methyl sites for hydroxylation is 1. The molecule has 0 atom stereocenters. The summed E-state index contributed by atoms with van der Waals surface area (Å²) in [7, 11) is 0. The molecule has 1 heterocycles. The number of nitrogens with zero attached hydrogens (tertiary/aromatic N) is 3. The molecule has 0 aliphatic rings. The molecule has 3 N–H and O–H groups in total. The van der Waals surface area contributed by atoms with Gasteiger partial charge in [0.15, 0.2) is 5.82 Å². The van der Waals surface area contributed by atoms with Crippen LogP contribution in [0.25, 0.3) is 0 Å². The van der Waals surface area contributed by atoms with E-state index < -0.39 is 0 Å². The number of aromatic amines is 1. The van der Waals surface area contributed by atoms with Crippen LogP contribution in [0.2, 0.25) is 0 Å². The number of hydrogen-bond acceptors (Lipinski definition) is 5. The highest BCUT2D eigenvalue weighted by molar-refractivity contribution is 5.94. The second kappa shape index (κ2) is 6.65. The van der Waals surface area contributed by atoms with Crippen LogP contribution in [0.4, 0.5) is 5.69 Å². The van der Waals surface area contributed by atoms with Gasteiger partial charge in [-0.1, -0.05) is 12.1 Å². The number of amides is 1. The lowest BCUT2D eigenvalue weighted by molar-refractivity contribution is 0.0950. The number of benzene rings is 1. The first-order valence-electron chi connectivity index (χ1n) is 6.55. The molecule has 2 aromatic rings. The van der Waals surface area contributed by atoms with Gasteiger partial charge in [-0.2, -0.15) is 5.21 Å². The normalized spacial score (nSPS) is 10.3. The number of H-pyrrole nitrogens is 1. The molecule has 1 aromatic heterocycles. The molecule has 106 valence electrons. The maximum Gasteiger partial charge on any atom is 0.251 e. The molecule has 7 nitrogen and oxygen atoms in total. The van der Waals surface area contributed by atoms with Crippen LogP contribution >= 0.6 is 0 Å². The molecule has 0 radical (unpaired) electrons. The molecular formula is C13H18N6O. The van der Waals surface area contributed by atoms with Crippen molar-refractivity contribution in [3.8, 4) is 0 Å². The molecule has 0 aliphatic heterocycles. The summed E-state index contributed by atoms with van der Waals surface area (Å²) in [6.45, 7) is 5.27. The Morgan fingerprint density at radius 3 is 2.90 bits per heavy atom. The molecule has 7 heteroatoms. The summed E-state index contributed by atoms with van der Waals surface area (Å²) < 4.78 is 0. The zero-order valence-corrected chi connectivity index (χ0v) is 11.6. The van der Waals surface area contributed by atoms with Gasteiger partial charge in [0.2, 0.25) is 0 Å². The average Bonchev–Trinajstić information content (AvgIpc) is 2.96. The highest BCUT2D eigenvalue weighted by atomic mass is 16.1. The predicted molar refractivity (Wildman–Crippen MR) is 75.3 cm³/mol. The molecule has 20 heavy (non-hydrogen) atoms. The zero-order chi connectivity index (χ0) is 14.4. The second-order valence-electron chi connectivity index (χ2n) is 4.47. The van der Waals surface area contributed by atoms with Gasteiger partial charge in [0, 0.05) is 17.8 Å². The third-order valence-electron chi connectivity index (χ3n) is 2.85. The number of carbonyl (C=O) groups is 1. The molecule has 1 aromatic carbocycles. The largest absolute Gasteiger partial charge is 0.385 e. The number of hydrogen-bond donors (Lipinski definition) is 3. The van der Waals surface area contributed by atoms with E-state index in [2.05, 4.69) is 38.2 Å². The van der Waals surface area contributed by atoms with Gasteiger partial charge in [0.1, 0.15) is 0 Å². The molecule has 0 bridgehead atoms. The topological polar surface area (TPSA) is 95.6 Å². The fourth-order valence-corrected chi connectivity index (χ4v) is 1.78. The lowest BCUT2D eigenvalue weighted by Gasteiger charge is -2.10. The summed E-state index contributed by atoms with van der Waals surface area (Å²) in [6, 6.07) is 5.59. The van der Waals surface area contributed by atoms with Crippen molar-refractivity contribution in [1.82, 2.24) is 25.9 Å². The third kappa shape index (κ3) is 3.53. The lowest BCUT2D eigenvalue weighted by atomic mass is 10.1. The number of rotatable bonds is 6. The van der Waals surface area contributed by atoms with Gasteiger partial charge in [-0.25, -0.2) is 0 Å².